The Labute approximate surface area is 152 Å². The number of fused-ring (bicyclic) bond motifs is 1. The molecule has 3 N–H and O–H groups in total. The Bertz CT molecular complexity index is 774. The maximum absolute atomic E-state index is 12.5. The van der Waals surface area contributed by atoms with E-state index >= 15 is 0 Å². The topological polar surface area (TPSA) is 79.5 Å². The summed E-state index contributed by atoms with van der Waals surface area (Å²) in [6.45, 7) is 3.10. The van der Waals surface area contributed by atoms with E-state index in [-0.39, 0.29) is 24.5 Å². The minimum Gasteiger partial charge on any atom is -0.484 e. The van der Waals surface area contributed by atoms with Crippen molar-refractivity contribution in [2.75, 3.05) is 18.5 Å². The molecule has 6 nitrogen and oxygen atoms in total. The van der Waals surface area contributed by atoms with Crippen LogP contribution in [-0.4, -0.2) is 31.0 Å². The molecule has 0 aliphatic carbocycles. The van der Waals surface area contributed by atoms with Gasteiger partial charge in [0.1, 0.15) is 5.75 Å². The van der Waals surface area contributed by atoms with Crippen molar-refractivity contribution in [1.29, 1.82) is 0 Å². The molecule has 26 heavy (non-hydrogen) atoms. The third-order valence-corrected chi connectivity index (χ3v) is 4.26. The largest absolute Gasteiger partial charge is 0.484 e. The zero-order chi connectivity index (χ0) is 18.4. The highest BCUT2D eigenvalue weighted by molar-refractivity contribution is 5.95. The molecule has 2 aromatic carbocycles. The van der Waals surface area contributed by atoms with E-state index < -0.39 is 0 Å². The van der Waals surface area contributed by atoms with Crippen LogP contribution in [-0.2, 0) is 22.6 Å². The predicted molar refractivity (Wildman–Crippen MR) is 100 cm³/mol. The van der Waals surface area contributed by atoms with Gasteiger partial charge in [-0.3, -0.25) is 9.59 Å². The van der Waals surface area contributed by atoms with Crippen molar-refractivity contribution in [3.8, 4) is 5.75 Å². The van der Waals surface area contributed by atoms with Crippen molar-refractivity contribution in [3.05, 3.63) is 59.7 Å². The van der Waals surface area contributed by atoms with Gasteiger partial charge >= 0.3 is 0 Å². The third kappa shape index (κ3) is 4.61. The summed E-state index contributed by atoms with van der Waals surface area (Å²) in [5.41, 5.74) is 3.15. The van der Waals surface area contributed by atoms with Gasteiger partial charge in [0.05, 0.1) is 6.04 Å². The van der Waals surface area contributed by atoms with Crippen LogP contribution in [0.1, 0.15) is 18.1 Å². The number of benzene rings is 2. The number of ether oxygens (including phenoxy) is 1. The molecule has 1 heterocycles. The maximum atomic E-state index is 12.5. The molecule has 0 radical (unpaired) electrons. The van der Waals surface area contributed by atoms with Gasteiger partial charge in [0.2, 0.25) is 5.91 Å². The van der Waals surface area contributed by atoms with Crippen LogP contribution in [0.3, 0.4) is 0 Å². The van der Waals surface area contributed by atoms with Crippen LogP contribution in [0.2, 0.25) is 0 Å². The first-order valence-corrected chi connectivity index (χ1v) is 8.76. The summed E-state index contributed by atoms with van der Waals surface area (Å²) in [5.74, 6) is 0.364. The molecule has 1 aliphatic heterocycles. The van der Waals surface area contributed by atoms with Crippen molar-refractivity contribution >= 4 is 17.5 Å². The maximum Gasteiger partial charge on any atom is 0.257 e. The molecule has 1 unspecified atom stereocenters. The molecule has 136 valence electrons. The number of likely N-dealkylation sites (N-methyl/N-ethyl adjacent to an activating group) is 1. The predicted octanol–water partition coefficient (Wildman–Crippen LogP) is 1.85. The molecule has 2 amide bonds. The van der Waals surface area contributed by atoms with Crippen LogP contribution in [0, 0.1) is 0 Å². The van der Waals surface area contributed by atoms with Crippen LogP contribution in [0.25, 0.3) is 0 Å². The molecule has 6 heteroatoms. The van der Waals surface area contributed by atoms with Gasteiger partial charge < -0.3 is 20.7 Å². The summed E-state index contributed by atoms with van der Waals surface area (Å²) in [6.07, 6.45) is 0.676. The van der Waals surface area contributed by atoms with E-state index in [1.54, 1.807) is 24.3 Å². The molecule has 0 bridgehead atoms. The van der Waals surface area contributed by atoms with E-state index in [1.165, 1.54) is 11.1 Å². The van der Waals surface area contributed by atoms with Crippen LogP contribution >= 0.6 is 0 Å². The summed E-state index contributed by atoms with van der Waals surface area (Å²) >= 11 is 0. The first-order valence-electron chi connectivity index (χ1n) is 8.76. The highest BCUT2D eigenvalue weighted by Gasteiger charge is 2.23. The summed E-state index contributed by atoms with van der Waals surface area (Å²) < 4.78 is 5.40. The first kappa shape index (κ1) is 17.9. The Hall–Kier alpha value is -2.86. The fourth-order valence-electron chi connectivity index (χ4n) is 2.90. The van der Waals surface area contributed by atoms with Crippen molar-refractivity contribution in [2.45, 2.75) is 25.9 Å². The lowest BCUT2D eigenvalue weighted by atomic mass is 9.95. The Morgan fingerprint density at radius 2 is 1.85 bits per heavy atom. The number of hydrogen-bond acceptors (Lipinski definition) is 4. The number of carbonyl (C=O) groups is 2. The quantitative estimate of drug-likeness (QED) is 0.741. The van der Waals surface area contributed by atoms with Gasteiger partial charge in [-0.25, -0.2) is 0 Å². The molecule has 2 aromatic rings. The van der Waals surface area contributed by atoms with E-state index in [2.05, 4.69) is 28.1 Å². The molecule has 3 rings (SSSR count). The lowest BCUT2D eigenvalue weighted by molar-refractivity contribution is -0.123. The second kappa shape index (κ2) is 8.49. The van der Waals surface area contributed by atoms with Crippen molar-refractivity contribution < 1.29 is 14.3 Å². The minimum atomic E-state index is -0.251. The Kier molecular flexibility index (Phi) is 5.86. The average Bonchev–Trinajstić information content (AvgIpc) is 2.67. The highest BCUT2D eigenvalue weighted by atomic mass is 16.5. The zero-order valence-electron chi connectivity index (χ0n) is 14.7. The van der Waals surface area contributed by atoms with Crippen LogP contribution in [0.4, 0.5) is 5.69 Å². The molecular weight excluding hydrogens is 330 g/mol. The van der Waals surface area contributed by atoms with Gasteiger partial charge in [-0.1, -0.05) is 24.3 Å². The highest BCUT2D eigenvalue weighted by Crippen LogP contribution is 2.19. The van der Waals surface area contributed by atoms with Gasteiger partial charge in [0.25, 0.3) is 5.91 Å². The Morgan fingerprint density at radius 1 is 1.12 bits per heavy atom. The Morgan fingerprint density at radius 3 is 2.58 bits per heavy atom. The van der Waals surface area contributed by atoms with E-state index in [0.717, 1.165) is 0 Å². The molecule has 0 saturated carbocycles. The molecule has 0 saturated heterocycles. The number of anilines is 1. The second-order valence-corrected chi connectivity index (χ2v) is 6.16. The summed E-state index contributed by atoms with van der Waals surface area (Å²) in [7, 11) is 0. The second-order valence-electron chi connectivity index (χ2n) is 6.16. The number of amides is 2. The van der Waals surface area contributed by atoms with Crippen LogP contribution < -0.4 is 20.7 Å². The monoisotopic (exact) mass is 353 g/mol. The SMILES string of the molecule is CCNC(=O)COc1ccc(NC(=O)C2Cc3ccccc3CN2)cc1. The van der Waals surface area contributed by atoms with E-state index in [4.69, 9.17) is 4.74 Å². The molecule has 0 fully saturated rings. The van der Waals surface area contributed by atoms with Gasteiger partial charge in [-0.05, 0) is 48.7 Å². The van der Waals surface area contributed by atoms with E-state index in [0.29, 0.717) is 30.9 Å². The molecular formula is C20H23N3O3. The van der Waals surface area contributed by atoms with Crippen LogP contribution in [0.5, 0.6) is 5.75 Å². The summed E-state index contributed by atoms with van der Waals surface area (Å²) in [5, 5.41) is 8.86. The van der Waals surface area contributed by atoms with Gasteiger partial charge in [0, 0.05) is 18.8 Å². The zero-order valence-corrected chi connectivity index (χ0v) is 14.7. The molecule has 0 aromatic heterocycles. The van der Waals surface area contributed by atoms with Crippen molar-refractivity contribution in [2.24, 2.45) is 0 Å². The van der Waals surface area contributed by atoms with Gasteiger partial charge in [0.15, 0.2) is 6.61 Å². The molecule has 1 atom stereocenters. The summed E-state index contributed by atoms with van der Waals surface area (Å²) in [6, 6.07) is 14.9. The van der Waals surface area contributed by atoms with Gasteiger partial charge in [-0.15, -0.1) is 0 Å². The van der Waals surface area contributed by atoms with Crippen molar-refractivity contribution in [3.63, 3.8) is 0 Å². The van der Waals surface area contributed by atoms with Gasteiger partial charge in [-0.2, -0.15) is 0 Å². The number of hydrogen-bond donors (Lipinski definition) is 3. The summed E-state index contributed by atoms with van der Waals surface area (Å²) in [4.78, 5) is 23.9. The average molecular weight is 353 g/mol. The van der Waals surface area contributed by atoms with Crippen LogP contribution in [0.15, 0.2) is 48.5 Å². The molecule has 1 aliphatic rings. The number of nitrogens with one attached hydrogen (secondary N) is 3. The lowest BCUT2D eigenvalue weighted by Crippen LogP contribution is -2.44. The lowest BCUT2D eigenvalue weighted by Gasteiger charge is -2.25. The third-order valence-electron chi connectivity index (χ3n) is 4.26. The van der Waals surface area contributed by atoms with Crippen molar-refractivity contribution in [1.82, 2.24) is 10.6 Å². The Balaban J connectivity index is 1.53. The van der Waals surface area contributed by atoms with E-state index in [9.17, 15) is 9.59 Å². The normalized spacial score (nSPS) is 15.7. The standard InChI is InChI=1S/C20H23N3O3/c1-2-21-19(24)13-26-17-9-7-16(8-10-17)23-20(25)18-11-14-5-3-4-6-15(14)12-22-18/h3-10,18,22H,2,11-13H2,1H3,(H,21,24)(H,23,25). The number of carbonyl (C=O) groups excluding carboxylic acids is 2. The molecule has 0 spiro atoms. The fraction of sp³-hybridized carbons (Fsp3) is 0.300. The first-order chi connectivity index (χ1) is 12.7. The fourth-order valence-corrected chi connectivity index (χ4v) is 2.90. The smallest absolute Gasteiger partial charge is 0.257 e. The van der Waals surface area contributed by atoms with E-state index in [1.807, 2.05) is 19.1 Å². The minimum absolute atomic E-state index is 0.0229. The number of rotatable bonds is 6.